The molecule has 210 valence electrons. The third kappa shape index (κ3) is 7.42. The van der Waals surface area contributed by atoms with E-state index in [9.17, 15) is 18.0 Å². The molecule has 3 rings (SSSR count). The molecule has 0 N–H and O–H groups in total. The van der Waals surface area contributed by atoms with Gasteiger partial charge in [-0.3, -0.25) is 14.3 Å². The Balaban J connectivity index is 1.80. The molecule has 0 aliphatic heterocycles. The summed E-state index contributed by atoms with van der Waals surface area (Å²) < 4.78 is 37.7. The van der Waals surface area contributed by atoms with Gasteiger partial charge in [-0.2, -0.15) is 5.10 Å². The summed E-state index contributed by atoms with van der Waals surface area (Å²) in [5, 5.41) is 4.88. The van der Waals surface area contributed by atoms with Gasteiger partial charge in [0.1, 0.15) is 5.69 Å². The van der Waals surface area contributed by atoms with Crippen molar-refractivity contribution in [2.24, 2.45) is 0 Å². The second kappa shape index (κ2) is 12.3. The van der Waals surface area contributed by atoms with Crippen LogP contribution in [0.15, 0.2) is 35.2 Å². The Morgan fingerprint density at radius 1 is 1.08 bits per heavy atom. The Hall–Kier alpha value is -2.30. The van der Waals surface area contributed by atoms with Gasteiger partial charge in [0.15, 0.2) is 29.7 Å². The molecule has 8 nitrogen and oxygen atoms in total. The molecule has 2 aromatic rings. The maximum absolute atomic E-state index is 13.1. The van der Waals surface area contributed by atoms with E-state index in [2.05, 4.69) is 38.6 Å². The quantitative estimate of drug-likeness (QED) is 0.143. The summed E-state index contributed by atoms with van der Waals surface area (Å²) in [6.07, 6.45) is 6.41. The van der Waals surface area contributed by atoms with Crippen molar-refractivity contribution in [2.45, 2.75) is 94.8 Å². The fraction of sp³-hybridized carbons (Fsp3) is 0.607. The summed E-state index contributed by atoms with van der Waals surface area (Å²) in [6.45, 7) is 11.6. The van der Waals surface area contributed by atoms with Crippen LogP contribution in [-0.4, -0.2) is 57.7 Å². The molecule has 1 aliphatic rings. The molecular weight excluding hydrogens is 520 g/mol. The first kappa shape index (κ1) is 30.2. The molecule has 0 bridgehead atoms. The third-order valence-electron chi connectivity index (χ3n) is 7.80. The molecule has 0 amide bonds. The van der Waals surface area contributed by atoms with Crippen LogP contribution in [0.25, 0.3) is 11.3 Å². The average molecular weight is 563 g/mol. The molecule has 10 heteroatoms. The molecule has 1 fully saturated rings. The summed E-state index contributed by atoms with van der Waals surface area (Å²) in [4.78, 5) is 24.7. The zero-order valence-corrected chi connectivity index (χ0v) is 25.4. The lowest BCUT2D eigenvalue weighted by molar-refractivity contribution is -0.137. The maximum Gasteiger partial charge on any atom is 0.321 e. The summed E-state index contributed by atoms with van der Waals surface area (Å²) in [5.74, 6) is -1.53. The van der Waals surface area contributed by atoms with E-state index in [0.29, 0.717) is 25.1 Å². The van der Waals surface area contributed by atoms with Crippen LogP contribution in [-0.2, 0) is 23.8 Å². The van der Waals surface area contributed by atoms with E-state index >= 15 is 0 Å². The van der Waals surface area contributed by atoms with Crippen LogP contribution in [0.4, 0.5) is 0 Å². The minimum atomic E-state index is -3.80. The van der Waals surface area contributed by atoms with E-state index < -0.39 is 29.9 Å². The second-order valence-electron chi connectivity index (χ2n) is 11.6. The molecule has 38 heavy (non-hydrogen) atoms. The number of esters is 1. The van der Waals surface area contributed by atoms with Gasteiger partial charge in [-0.05, 0) is 61.2 Å². The van der Waals surface area contributed by atoms with Crippen molar-refractivity contribution < 1.29 is 27.2 Å². The predicted octanol–water partition coefficient (Wildman–Crippen LogP) is 5.99. The fourth-order valence-electron chi connectivity index (χ4n) is 4.39. The number of hydrogen-bond acceptors (Lipinski definition) is 7. The van der Waals surface area contributed by atoms with Crippen molar-refractivity contribution >= 4 is 29.9 Å². The number of ether oxygens (including phenoxy) is 1. The first-order valence-corrected chi connectivity index (χ1v) is 18.0. The van der Waals surface area contributed by atoms with Crippen LogP contribution in [0.3, 0.4) is 0 Å². The Bertz CT molecular complexity index is 1220. The third-order valence-corrected chi connectivity index (χ3v) is 13.9. The number of Topliss-reactive ketones (excluding diaryl/α,β-unsaturated/α-hetero) is 1. The Morgan fingerprint density at radius 3 is 2.29 bits per heavy atom. The van der Waals surface area contributed by atoms with Crippen molar-refractivity contribution in [1.29, 1.82) is 0 Å². The summed E-state index contributed by atoms with van der Waals surface area (Å²) >= 11 is 0. The maximum atomic E-state index is 13.1. The van der Waals surface area contributed by atoms with Gasteiger partial charge in [-0.1, -0.05) is 52.2 Å². The summed E-state index contributed by atoms with van der Waals surface area (Å²) in [6, 6.07) is 8.43. The van der Waals surface area contributed by atoms with Crippen LogP contribution < -0.4 is 0 Å². The first-order valence-electron chi connectivity index (χ1n) is 13.4. The number of ketones is 1. The Kier molecular flexibility index (Phi) is 9.75. The van der Waals surface area contributed by atoms with Crippen molar-refractivity contribution in [2.75, 3.05) is 19.5 Å². The minimum Gasteiger partial charge on any atom is -0.468 e. The number of nitrogens with zero attached hydrogens (tertiary/aromatic N) is 2. The molecule has 1 aliphatic carbocycles. The van der Waals surface area contributed by atoms with E-state index in [1.807, 2.05) is 10.7 Å². The van der Waals surface area contributed by atoms with Crippen LogP contribution >= 0.6 is 0 Å². The topological polar surface area (TPSA) is 105 Å². The number of hydrogen-bond donors (Lipinski definition) is 0. The number of rotatable bonds is 11. The average Bonchev–Trinajstić information content (AvgIpc) is 3.32. The van der Waals surface area contributed by atoms with E-state index in [4.69, 9.17) is 9.52 Å². The number of carbonyl (C=O) groups excluding carboxylic acids is 2. The number of methoxy groups -OCH3 is 1. The van der Waals surface area contributed by atoms with Gasteiger partial charge in [-0.15, -0.1) is 0 Å². The number of sulfone groups is 1. The van der Waals surface area contributed by atoms with Crippen LogP contribution in [0.2, 0.25) is 18.1 Å². The fourth-order valence-corrected chi connectivity index (χ4v) is 6.62. The van der Waals surface area contributed by atoms with Crippen molar-refractivity contribution in [3.63, 3.8) is 0 Å². The highest BCUT2D eigenvalue weighted by Gasteiger charge is 2.37. The highest BCUT2D eigenvalue weighted by Crippen LogP contribution is 2.37. The molecule has 1 aromatic heterocycles. The Morgan fingerprint density at radius 2 is 1.71 bits per heavy atom. The van der Waals surface area contributed by atoms with E-state index in [1.165, 1.54) is 18.6 Å². The summed E-state index contributed by atoms with van der Waals surface area (Å²) in [5.41, 5.74) is 2.01. The lowest BCUT2D eigenvalue weighted by Gasteiger charge is -2.36. The number of benzene rings is 1. The van der Waals surface area contributed by atoms with Gasteiger partial charge in [0, 0.05) is 13.0 Å². The van der Waals surface area contributed by atoms with Gasteiger partial charge in [0.2, 0.25) is 0 Å². The molecule has 0 saturated heterocycles. The largest absolute Gasteiger partial charge is 0.468 e. The molecule has 0 radical (unpaired) electrons. The van der Waals surface area contributed by atoms with Crippen LogP contribution in [0.5, 0.6) is 0 Å². The monoisotopic (exact) mass is 562 g/mol. The Labute approximate surface area is 228 Å². The number of carbonyl (C=O) groups is 2. The molecule has 0 atom stereocenters. The highest BCUT2D eigenvalue weighted by atomic mass is 32.2. The van der Waals surface area contributed by atoms with Gasteiger partial charge in [-0.25, -0.2) is 8.42 Å². The molecular formula is C28H42N2O6SSi. The highest BCUT2D eigenvalue weighted by molar-refractivity contribution is 7.92. The zero-order valence-electron chi connectivity index (χ0n) is 23.6. The van der Waals surface area contributed by atoms with Gasteiger partial charge in [0.25, 0.3) is 0 Å². The van der Waals surface area contributed by atoms with Crippen molar-refractivity contribution in [1.82, 2.24) is 9.78 Å². The normalized spacial score (nSPS) is 15.4. The van der Waals surface area contributed by atoms with Crippen molar-refractivity contribution in [3.8, 4) is 11.3 Å². The van der Waals surface area contributed by atoms with E-state index in [0.717, 1.165) is 44.1 Å². The SMILES string of the molecule is COC(=O)CS(=O)(=O)c1ccc(-c2cc(C(=O)CCCO[Si](C)(C)C(C)(C)C)nn2C2CCCCC2)cc1. The van der Waals surface area contributed by atoms with Gasteiger partial charge in [0.05, 0.1) is 23.7 Å². The van der Waals surface area contributed by atoms with Gasteiger partial charge >= 0.3 is 5.97 Å². The van der Waals surface area contributed by atoms with Crippen LogP contribution in [0, 0.1) is 0 Å². The first-order chi connectivity index (χ1) is 17.7. The molecule has 0 spiro atoms. The zero-order chi connectivity index (χ0) is 28.1. The smallest absolute Gasteiger partial charge is 0.321 e. The molecule has 1 saturated carbocycles. The van der Waals surface area contributed by atoms with Gasteiger partial charge < -0.3 is 9.16 Å². The number of aromatic nitrogens is 2. The minimum absolute atomic E-state index is 0.0167. The second-order valence-corrected chi connectivity index (χ2v) is 18.4. The van der Waals surface area contributed by atoms with Crippen molar-refractivity contribution in [3.05, 3.63) is 36.0 Å². The van der Waals surface area contributed by atoms with Crippen LogP contribution in [0.1, 0.15) is 82.2 Å². The predicted molar refractivity (Wildman–Crippen MR) is 151 cm³/mol. The lowest BCUT2D eigenvalue weighted by atomic mass is 9.95. The molecule has 1 heterocycles. The summed E-state index contributed by atoms with van der Waals surface area (Å²) in [7, 11) is -4.50. The van der Waals surface area contributed by atoms with E-state index in [-0.39, 0.29) is 21.8 Å². The van der Waals surface area contributed by atoms with E-state index in [1.54, 1.807) is 12.1 Å². The standard InChI is InChI=1S/C28H42N2O6SSi/c1-28(2,3)38(5,6)36-18-10-13-26(31)24-19-25(30(29-24)22-11-8-7-9-12-22)21-14-16-23(17-15-21)37(33,34)20-27(32)35-4/h14-17,19,22H,7-13,18,20H2,1-6H3. The molecule has 1 aromatic carbocycles. The lowest BCUT2D eigenvalue weighted by Crippen LogP contribution is -2.41. The molecule has 0 unspecified atom stereocenters.